The maximum absolute atomic E-state index is 11.7. The van der Waals surface area contributed by atoms with Crippen LogP contribution in [-0.2, 0) is 16.1 Å². The number of hydrogen-bond donors (Lipinski definition) is 2. The SMILES string of the molecule is CCN(CC)CCNC(=O)C(=O)NCc1ccc(OC)cc1. The maximum atomic E-state index is 11.7. The molecule has 2 N–H and O–H groups in total. The number of hydrogen-bond acceptors (Lipinski definition) is 4. The van der Waals surface area contributed by atoms with Crippen LogP contribution in [-0.4, -0.2) is 50.0 Å². The van der Waals surface area contributed by atoms with Crippen LogP contribution in [0.15, 0.2) is 24.3 Å². The predicted molar refractivity (Wildman–Crippen MR) is 85.6 cm³/mol. The lowest BCUT2D eigenvalue weighted by atomic mass is 10.2. The Morgan fingerprint density at radius 3 is 2.18 bits per heavy atom. The highest BCUT2D eigenvalue weighted by atomic mass is 16.5. The zero-order chi connectivity index (χ0) is 16.4. The van der Waals surface area contributed by atoms with Gasteiger partial charge in [-0.1, -0.05) is 26.0 Å². The first-order valence-corrected chi connectivity index (χ1v) is 7.52. The minimum atomic E-state index is -0.615. The average molecular weight is 307 g/mol. The highest BCUT2D eigenvalue weighted by Crippen LogP contribution is 2.10. The van der Waals surface area contributed by atoms with Crippen LogP contribution in [0.5, 0.6) is 5.75 Å². The summed E-state index contributed by atoms with van der Waals surface area (Å²) in [6, 6.07) is 7.31. The fourth-order valence-corrected chi connectivity index (χ4v) is 1.95. The van der Waals surface area contributed by atoms with E-state index in [-0.39, 0.29) is 0 Å². The second kappa shape index (κ2) is 9.78. The molecule has 0 bridgehead atoms. The molecule has 0 unspecified atom stereocenters. The summed E-state index contributed by atoms with van der Waals surface area (Å²) in [4.78, 5) is 25.5. The van der Waals surface area contributed by atoms with Gasteiger partial charge in [0, 0.05) is 19.6 Å². The van der Waals surface area contributed by atoms with E-state index in [2.05, 4.69) is 29.4 Å². The molecule has 1 aromatic rings. The van der Waals surface area contributed by atoms with Crippen molar-refractivity contribution >= 4 is 11.8 Å². The molecule has 1 aromatic carbocycles. The van der Waals surface area contributed by atoms with Gasteiger partial charge in [0.25, 0.3) is 0 Å². The summed E-state index contributed by atoms with van der Waals surface area (Å²) in [7, 11) is 1.60. The van der Waals surface area contributed by atoms with E-state index < -0.39 is 11.8 Å². The van der Waals surface area contributed by atoms with Crippen LogP contribution in [0.3, 0.4) is 0 Å². The molecule has 0 aliphatic carbocycles. The Morgan fingerprint density at radius 2 is 1.64 bits per heavy atom. The quantitative estimate of drug-likeness (QED) is 0.696. The van der Waals surface area contributed by atoms with Gasteiger partial charge in [-0.05, 0) is 30.8 Å². The summed E-state index contributed by atoms with van der Waals surface area (Å²) < 4.78 is 5.06. The molecule has 22 heavy (non-hydrogen) atoms. The summed E-state index contributed by atoms with van der Waals surface area (Å²) in [6.07, 6.45) is 0. The number of nitrogens with one attached hydrogen (secondary N) is 2. The maximum Gasteiger partial charge on any atom is 0.309 e. The molecule has 0 aliphatic heterocycles. The lowest BCUT2D eigenvalue weighted by Gasteiger charge is -2.17. The number of ether oxygens (including phenoxy) is 1. The molecule has 0 saturated carbocycles. The van der Waals surface area contributed by atoms with Gasteiger partial charge >= 0.3 is 11.8 Å². The molecule has 0 fully saturated rings. The zero-order valence-electron chi connectivity index (χ0n) is 13.5. The van der Waals surface area contributed by atoms with Gasteiger partial charge in [-0.3, -0.25) is 9.59 Å². The summed E-state index contributed by atoms with van der Waals surface area (Å²) in [5.41, 5.74) is 0.907. The molecule has 6 heteroatoms. The van der Waals surface area contributed by atoms with E-state index in [1.54, 1.807) is 7.11 Å². The van der Waals surface area contributed by atoms with Gasteiger partial charge in [-0.25, -0.2) is 0 Å². The molecule has 2 amide bonds. The monoisotopic (exact) mass is 307 g/mol. The van der Waals surface area contributed by atoms with Crippen molar-refractivity contribution in [2.45, 2.75) is 20.4 Å². The first-order valence-electron chi connectivity index (χ1n) is 7.52. The van der Waals surface area contributed by atoms with E-state index in [1.165, 1.54) is 0 Å². The minimum Gasteiger partial charge on any atom is -0.497 e. The Bertz CT molecular complexity index is 470. The Labute approximate surface area is 131 Å². The largest absolute Gasteiger partial charge is 0.497 e. The van der Waals surface area contributed by atoms with Crippen molar-refractivity contribution in [1.82, 2.24) is 15.5 Å². The highest BCUT2D eigenvalue weighted by molar-refractivity contribution is 6.35. The van der Waals surface area contributed by atoms with Crippen LogP contribution in [0, 0.1) is 0 Å². The Kier molecular flexibility index (Phi) is 7.99. The van der Waals surface area contributed by atoms with Gasteiger partial charge in [0.2, 0.25) is 0 Å². The third kappa shape index (κ3) is 6.13. The summed E-state index contributed by atoms with van der Waals surface area (Å²) in [6.45, 7) is 7.50. The Balaban J connectivity index is 2.30. The van der Waals surface area contributed by atoms with E-state index in [1.807, 2.05) is 24.3 Å². The second-order valence-corrected chi connectivity index (χ2v) is 4.81. The molecule has 0 spiro atoms. The number of amides is 2. The molecule has 6 nitrogen and oxygen atoms in total. The lowest BCUT2D eigenvalue weighted by molar-refractivity contribution is -0.139. The van der Waals surface area contributed by atoms with Crippen LogP contribution in [0.4, 0.5) is 0 Å². The molecule has 122 valence electrons. The average Bonchev–Trinajstić information content (AvgIpc) is 2.56. The van der Waals surface area contributed by atoms with Crippen molar-refractivity contribution in [3.63, 3.8) is 0 Å². The zero-order valence-corrected chi connectivity index (χ0v) is 13.5. The molecule has 0 atom stereocenters. The third-order valence-electron chi connectivity index (χ3n) is 3.43. The van der Waals surface area contributed by atoms with Gasteiger partial charge in [0.05, 0.1) is 7.11 Å². The van der Waals surface area contributed by atoms with Gasteiger partial charge in [-0.2, -0.15) is 0 Å². The predicted octanol–water partition coefficient (Wildman–Crippen LogP) is 0.769. The van der Waals surface area contributed by atoms with Crippen molar-refractivity contribution in [1.29, 1.82) is 0 Å². The first kappa shape index (κ1) is 18.0. The van der Waals surface area contributed by atoms with Crippen LogP contribution in [0.25, 0.3) is 0 Å². The van der Waals surface area contributed by atoms with Crippen LogP contribution in [0.1, 0.15) is 19.4 Å². The smallest absolute Gasteiger partial charge is 0.309 e. The number of methoxy groups -OCH3 is 1. The second-order valence-electron chi connectivity index (χ2n) is 4.81. The summed E-state index contributed by atoms with van der Waals surface area (Å²) in [5, 5.41) is 5.22. The van der Waals surface area contributed by atoms with Gasteiger partial charge in [0.15, 0.2) is 0 Å². The van der Waals surface area contributed by atoms with Crippen molar-refractivity contribution in [3.05, 3.63) is 29.8 Å². The molecule has 0 heterocycles. The number of carbonyl (C=O) groups excluding carboxylic acids is 2. The Hall–Kier alpha value is -2.08. The standard InChI is InChI=1S/C16H25N3O3/c1-4-19(5-2)11-10-17-15(20)16(21)18-12-13-6-8-14(22-3)9-7-13/h6-9H,4-5,10-12H2,1-3H3,(H,17,20)(H,18,21). The number of likely N-dealkylation sites (N-methyl/N-ethyl adjacent to an activating group) is 1. The molecule has 0 aromatic heterocycles. The molecule has 1 rings (SSSR count). The normalized spacial score (nSPS) is 10.4. The third-order valence-corrected chi connectivity index (χ3v) is 3.43. The van der Waals surface area contributed by atoms with Gasteiger partial charge in [-0.15, -0.1) is 0 Å². The van der Waals surface area contributed by atoms with Crippen molar-refractivity contribution < 1.29 is 14.3 Å². The van der Waals surface area contributed by atoms with Crippen LogP contribution >= 0.6 is 0 Å². The van der Waals surface area contributed by atoms with E-state index in [9.17, 15) is 9.59 Å². The van der Waals surface area contributed by atoms with Gasteiger partial charge in [0.1, 0.15) is 5.75 Å². The van der Waals surface area contributed by atoms with Crippen LogP contribution < -0.4 is 15.4 Å². The fourth-order valence-electron chi connectivity index (χ4n) is 1.95. The van der Waals surface area contributed by atoms with Gasteiger partial charge < -0.3 is 20.3 Å². The Morgan fingerprint density at radius 1 is 1.05 bits per heavy atom. The minimum absolute atomic E-state index is 0.312. The van der Waals surface area contributed by atoms with E-state index in [4.69, 9.17) is 4.74 Å². The van der Waals surface area contributed by atoms with E-state index in [0.29, 0.717) is 13.1 Å². The molecule has 0 aliphatic rings. The number of nitrogens with zero attached hydrogens (tertiary/aromatic N) is 1. The first-order chi connectivity index (χ1) is 10.6. The van der Waals surface area contributed by atoms with Crippen LogP contribution in [0.2, 0.25) is 0 Å². The van der Waals surface area contributed by atoms with Crippen molar-refractivity contribution in [3.8, 4) is 5.75 Å². The van der Waals surface area contributed by atoms with Crippen molar-refractivity contribution in [2.75, 3.05) is 33.3 Å². The number of rotatable bonds is 8. The fraction of sp³-hybridized carbons (Fsp3) is 0.500. The highest BCUT2D eigenvalue weighted by Gasteiger charge is 2.12. The topological polar surface area (TPSA) is 70.7 Å². The summed E-state index contributed by atoms with van der Waals surface area (Å²) >= 11 is 0. The molecular formula is C16H25N3O3. The number of benzene rings is 1. The molecular weight excluding hydrogens is 282 g/mol. The number of carbonyl (C=O) groups is 2. The van der Waals surface area contributed by atoms with E-state index in [0.717, 1.165) is 30.9 Å². The lowest BCUT2D eigenvalue weighted by Crippen LogP contribution is -2.42. The van der Waals surface area contributed by atoms with E-state index >= 15 is 0 Å². The summed E-state index contributed by atoms with van der Waals surface area (Å²) in [5.74, 6) is -0.458. The molecule has 0 saturated heterocycles. The van der Waals surface area contributed by atoms with Crippen molar-refractivity contribution in [2.24, 2.45) is 0 Å². The molecule has 0 radical (unpaired) electrons.